The van der Waals surface area contributed by atoms with Crippen molar-refractivity contribution in [1.29, 1.82) is 0 Å². The Balaban J connectivity index is 1.22. The molecular weight excluding hydrogens is 507 g/mol. The second-order valence-corrected chi connectivity index (χ2v) is 11.8. The third kappa shape index (κ3) is 3.75. The van der Waals surface area contributed by atoms with Crippen LogP contribution in [0.5, 0.6) is 0 Å². The first-order valence-electron chi connectivity index (χ1n) is 13.4. The Kier molecular flexibility index (Phi) is 5.32. The van der Waals surface area contributed by atoms with E-state index in [1.54, 1.807) is 25.6 Å². The third-order valence-electron chi connectivity index (χ3n) is 9.45. The lowest BCUT2D eigenvalue weighted by molar-refractivity contribution is -0.138. The number of anilines is 1. The zero-order chi connectivity index (χ0) is 27.2. The molecule has 10 heteroatoms. The van der Waals surface area contributed by atoms with Crippen molar-refractivity contribution in [3.05, 3.63) is 76.4 Å². The quantitative estimate of drug-likeness (QED) is 0.472. The maximum Gasteiger partial charge on any atom is 0.416 e. The molecule has 1 aliphatic heterocycles. The van der Waals surface area contributed by atoms with E-state index in [0.29, 0.717) is 30.6 Å². The van der Waals surface area contributed by atoms with Crippen LogP contribution in [0.15, 0.2) is 42.7 Å². The summed E-state index contributed by atoms with van der Waals surface area (Å²) in [5.41, 5.74) is 1.09. The van der Waals surface area contributed by atoms with Crippen molar-refractivity contribution in [3.8, 4) is 0 Å². The molecule has 39 heavy (non-hydrogen) atoms. The SMILES string of the molecule is COC1CC(c2cccc(N3Cc4c(cc(CNC56CC(C5)C6)cc4C(F)(F)F)C3=O)c2)(c2nncn2C)C1. The lowest BCUT2D eigenvalue weighted by Gasteiger charge is -2.62. The van der Waals surface area contributed by atoms with Gasteiger partial charge in [0.15, 0.2) is 0 Å². The Hall–Kier alpha value is -3.24. The highest BCUT2D eigenvalue weighted by molar-refractivity contribution is 6.10. The molecule has 204 valence electrons. The fraction of sp³-hybridized carbons (Fsp3) is 0.483. The van der Waals surface area contributed by atoms with Gasteiger partial charge in [0.25, 0.3) is 5.91 Å². The van der Waals surface area contributed by atoms with E-state index in [1.807, 2.05) is 29.8 Å². The number of methoxy groups -OCH3 is 1. The average molecular weight is 538 g/mol. The van der Waals surface area contributed by atoms with E-state index in [0.717, 1.165) is 36.6 Å². The molecule has 1 amide bonds. The number of ether oxygens (including phenoxy) is 1. The van der Waals surface area contributed by atoms with Crippen molar-refractivity contribution in [2.45, 2.75) is 68.4 Å². The summed E-state index contributed by atoms with van der Waals surface area (Å²) in [5.74, 6) is 1.16. The third-order valence-corrected chi connectivity index (χ3v) is 9.45. The summed E-state index contributed by atoms with van der Waals surface area (Å²) in [6.45, 7) is 0.205. The minimum absolute atomic E-state index is 0.0401. The monoisotopic (exact) mass is 537 g/mol. The summed E-state index contributed by atoms with van der Waals surface area (Å²) in [5, 5.41) is 11.9. The van der Waals surface area contributed by atoms with Gasteiger partial charge in [0.05, 0.1) is 23.6 Å². The van der Waals surface area contributed by atoms with Crippen LogP contribution in [0.3, 0.4) is 0 Å². The Morgan fingerprint density at radius 2 is 1.90 bits per heavy atom. The first kappa shape index (κ1) is 24.8. The van der Waals surface area contributed by atoms with Crippen molar-refractivity contribution in [3.63, 3.8) is 0 Å². The molecule has 1 N–H and O–H groups in total. The molecular formula is C29H30F3N5O2. The molecule has 0 atom stereocenters. The Morgan fingerprint density at radius 3 is 2.51 bits per heavy atom. The molecule has 2 bridgehead atoms. The van der Waals surface area contributed by atoms with Gasteiger partial charge in [-0.25, -0.2) is 0 Å². The number of nitrogens with zero attached hydrogens (tertiary/aromatic N) is 4. The summed E-state index contributed by atoms with van der Waals surface area (Å²) in [6.07, 6.45) is 1.84. The summed E-state index contributed by atoms with van der Waals surface area (Å²) in [6, 6.07) is 10.4. The zero-order valence-corrected chi connectivity index (χ0v) is 21.9. The van der Waals surface area contributed by atoms with Crippen LogP contribution in [-0.4, -0.2) is 39.4 Å². The summed E-state index contributed by atoms with van der Waals surface area (Å²) < 4.78 is 50.1. The smallest absolute Gasteiger partial charge is 0.381 e. The van der Waals surface area contributed by atoms with Crippen LogP contribution in [0, 0.1) is 5.92 Å². The predicted octanol–water partition coefficient (Wildman–Crippen LogP) is 4.73. The molecule has 7 nitrogen and oxygen atoms in total. The second-order valence-electron chi connectivity index (χ2n) is 11.8. The van der Waals surface area contributed by atoms with Gasteiger partial charge >= 0.3 is 6.18 Å². The fourth-order valence-electron chi connectivity index (χ4n) is 7.14. The van der Waals surface area contributed by atoms with E-state index in [9.17, 15) is 18.0 Å². The molecule has 2 aromatic carbocycles. The van der Waals surface area contributed by atoms with Crippen LogP contribution in [0.25, 0.3) is 0 Å². The number of nitrogens with one attached hydrogen (secondary N) is 1. The molecule has 5 aliphatic rings. The van der Waals surface area contributed by atoms with Crippen LogP contribution in [0.1, 0.15) is 70.5 Å². The van der Waals surface area contributed by atoms with E-state index in [4.69, 9.17) is 4.74 Å². The van der Waals surface area contributed by atoms with Crippen molar-refractivity contribution in [1.82, 2.24) is 20.1 Å². The maximum atomic E-state index is 14.2. The standard InChI is InChI=1S/C29H30F3N5O2/c1-36-16-34-35-26(36)28(12-21(13-28)39-2)19-4-3-5-20(8-19)37-15-23-22(25(37)38)6-17(7-24(23)29(30,31)32)14-33-27-9-18(10-27)11-27/h3-8,16,18,21,33H,9-15H2,1-2H3. The second kappa shape index (κ2) is 8.38. The number of carbonyl (C=O) groups excluding carboxylic acids is 1. The molecule has 1 aromatic heterocycles. The highest BCUT2D eigenvalue weighted by atomic mass is 19.4. The minimum atomic E-state index is -4.55. The van der Waals surface area contributed by atoms with Gasteiger partial charge in [-0.05, 0) is 79.0 Å². The zero-order valence-electron chi connectivity index (χ0n) is 21.9. The van der Waals surface area contributed by atoms with Gasteiger partial charge in [0.1, 0.15) is 12.2 Å². The predicted molar refractivity (Wildman–Crippen MR) is 137 cm³/mol. The van der Waals surface area contributed by atoms with Crippen LogP contribution < -0.4 is 10.2 Å². The Labute approximate surface area is 224 Å². The van der Waals surface area contributed by atoms with Crippen LogP contribution in [0.4, 0.5) is 18.9 Å². The molecule has 3 aromatic rings. The largest absolute Gasteiger partial charge is 0.416 e. The molecule has 4 aliphatic carbocycles. The van der Waals surface area contributed by atoms with Gasteiger partial charge < -0.3 is 19.5 Å². The van der Waals surface area contributed by atoms with Gasteiger partial charge in [-0.3, -0.25) is 4.79 Å². The van der Waals surface area contributed by atoms with Crippen LogP contribution in [0.2, 0.25) is 0 Å². The van der Waals surface area contributed by atoms with Gasteiger partial charge in [-0.15, -0.1) is 10.2 Å². The highest BCUT2D eigenvalue weighted by Gasteiger charge is 2.56. The van der Waals surface area contributed by atoms with E-state index in [2.05, 4.69) is 15.5 Å². The lowest BCUT2D eigenvalue weighted by atomic mass is 9.50. The van der Waals surface area contributed by atoms with E-state index in [-0.39, 0.29) is 29.3 Å². The number of amides is 1. The van der Waals surface area contributed by atoms with E-state index >= 15 is 0 Å². The molecule has 8 rings (SSSR count). The van der Waals surface area contributed by atoms with E-state index < -0.39 is 23.1 Å². The van der Waals surface area contributed by atoms with Gasteiger partial charge in [-0.1, -0.05) is 12.1 Å². The van der Waals surface area contributed by atoms with E-state index in [1.165, 1.54) is 11.0 Å². The molecule has 2 heterocycles. The van der Waals surface area contributed by atoms with Crippen molar-refractivity contribution >= 4 is 11.6 Å². The van der Waals surface area contributed by atoms with Gasteiger partial charge in [-0.2, -0.15) is 13.2 Å². The van der Waals surface area contributed by atoms with Crippen LogP contribution >= 0.6 is 0 Å². The fourth-order valence-corrected chi connectivity index (χ4v) is 7.14. The molecule has 0 unspecified atom stereocenters. The molecule has 0 radical (unpaired) electrons. The number of aryl methyl sites for hydroxylation is 1. The topological polar surface area (TPSA) is 72.3 Å². The number of hydrogen-bond acceptors (Lipinski definition) is 5. The lowest BCUT2D eigenvalue weighted by Crippen LogP contribution is -2.66. The number of fused-ring (bicyclic) bond motifs is 1. The highest BCUT2D eigenvalue weighted by Crippen LogP contribution is 2.57. The summed E-state index contributed by atoms with van der Waals surface area (Å²) in [7, 11) is 3.57. The van der Waals surface area contributed by atoms with Crippen LogP contribution in [-0.2, 0) is 36.5 Å². The van der Waals surface area contributed by atoms with Crippen molar-refractivity contribution in [2.24, 2.45) is 13.0 Å². The number of benzene rings is 2. The first-order valence-corrected chi connectivity index (χ1v) is 13.4. The molecule has 0 saturated heterocycles. The number of hydrogen-bond donors (Lipinski definition) is 1. The molecule has 4 saturated carbocycles. The summed E-state index contributed by atoms with van der Waals surface area (Å²) >= 11 is 0. The average Bonchev–Trinajstić information content (AvgIpc) is 3.40. The van der Waals surface area contributed by atoms with Crippen molar-refractivity contribution in [2.75, 3.05) is 12.0 Å². The minimum Gasteiger partial charge on any atom is -0.381 e. The number of aromatic nitrogens is 3. The van der Waals surface area contributed by atoms with Gasteiger partial charge in [0.2, 0.25) is 0 Å². The van der Waals surface area contributed by atoms with Gasteiger partial charge in [0, 0.05) is 37.5 Å². The number of carbonyl (C=O) groups is 1. The first-order chi connectivity index (χ1) is 18.6. The molecule has 0 spiro atoms. The maximum absolute atomic E-state index is 14.2. The normalized spacial score (nSPS) is 29.1. The summed E-state index contributed by atoms with van der Waals surface area (Å²) in [4.78, 5) is 15.1. The Bertz CT molecular complexity index is 1460. The number of halogens is 3. The number of rotatable bonds is 7. The number of alkyl halides is 3. The van der Waals surface area contributed by atoms with Crippen molar-refractivity contribution < 1.29 is 22.7 Å². The Morgan fingerprint density at radius 1 is 1.13 bits per heavy atom. The molecule has 4 fully saturated rings.